The summed E-state index contributed by atoms with van der Waals surface area (Å²) in [7, 11) is 1.32. The average Bonchev–Trinajstić information content (AvgIpc) is 2.95. The number of fused-ring (bicyclic) bond motifs is 2. The fourth-order valence-electron chi connectivity index (χ4n) is 4.87. The molecule has 6 nitrogen and oxygen atoms in total. The van der Waals surface area contributed by atoms with Gasteiger partial charge in [-0.25, -0.2) is 9.18 Å². The van der Waals surface area contributed by atoms with Crippen LogP contribution in [0.25, 0.3) is 10.8 Å². The first-order chi connectivity index (χ1) is 18.5. The number of carbonyl (C=O) groups is 1. The monoisotopic (exact) mass is 514 g/mol. The number of para-hydroxylation sites is 1. The highest BCUT2D eigenvalue weighted by Crippen LogP contribution is 2.41. The van der Waals surface area contributed by atoms with Crippen LogP contribution >= 0.6 is 0 Å². The maximum atomic E-state index is 14.8. The van der Waals surface area contributed by atoms with Crippen LogP contribution in [0.4, 0.5) is 15.8 Å². The second-order valence-corrected chi connectivity index (χ2v) is 9.33. The van der Waals surface area contributed by atoms with E-state index in [-0.39, 0.29) is 24.5 Å². The van der Waals surface area contributed by atoms with Crippen LogP contribution in [-0.2, 0) is 9.53 Å². The summed E-state index contributed by atoms with van der Waals surface area (Å²) in [6.45, 7) is 3.22. The molecular weight excluding hydrogens is 483 g/mol. The fourth-order valence-corrected chi connectivity index (χ4v) is 4.87. The van der Waals surface area contributed by atoms with Crippen LogP contribution in [0.3, 0.4) is 0 Å². The maximum Gasteiger partial charge on any atom is 0.343 e. The number of methoxy groups -OCH3 is 1. The molecule has 0 spiro atoms. The van der Waals surface area contributed by atoms with E-state index in [4.69, 9.17) is 9.47 Å². The molecule has 5 rings (SSSR count). The van der Waals surface area contributed by atoms with Crippen molar-refractivity contribution in [2.75, 3.05) is 31.7 Å². The van der Waals surface area contributed by atoms with Crippen molar-refractivity contribution in [2.45, 2.75) is 25.5 Å². The second kappa shape index (κ2) is 11.5. The molecule has 196 valence electrons. The average molecular weight is 515 g/mol. The maximum absolute atomic E-state index is 14.8. The Labute approximate surface area is 221 Å². The van der Waals surface area contributed by atoms with E-state index in [1.165, 1.54) is 29.5 Å². The molecule has 0 amide bonds. The van der Waals surface area contributed by atoms with E-state index in [1.54, 1.807) is 12.1 Å². The van der Waals surface area contributed by atoms with Gasteiger partial charge in [0.15, 0.2) is 18.2 Å². The van der Waals surface area contributed by atoms with Gasteiger partial charge >= 0.3 is 5.97 Å². The van der Waals surface area contributed by atoms with Crippen molar-refractivity contribution in [3.63, 3.8) is 0 Å². The Bertz CT molecular complexity index is 1420. The zero-order valence-electron chi connectivity index (χ0n) is 21.5. The lowest BCUT2D eigenvalue weighted by molar-refractivity contribution is -0.142. The SMILES string of the molecule is COC(=O)COc1cccc(N2CC(CCNC(C)c3cccc4ccccc34)Oc3c(F)cccc32)c1. The van der Waals surface area contributed by atoms with Gasteiger partial charge in [0.1, 0.15) is 11.9 Å². The molecule has 0 aliphatic carbocycles. The zero-order chi connectivity index (χ0) is 26.5. The number of benzene rings is 4. The Hall–Kier alpha value is -4.10. The summed E-state index contributed by atoms with van der Waals surface area (Å²) in [5, 5.41) is 6.07. The Balaban J connectivity index is 1.30. The molecule has 38 heavy (non-hydrogen) atoms. The summed E-state index contributed by atoms with van der Waals surface area (Å²) in [6, 6.07) is 27.2. The lowest BCUT2D eigenvalue weighted by Gasteiger charge is -2.36. The quantitative estimate of drug-likeness (QED) is 0.270. The minimum atomic E-state index is -0.459. The van der Waals surface area contributed by atoms with E-state index < -0.39 is 11.8 Å². The van der Waals surface area contributed by atoms with Crippen molar-refractivity contribution in [1.29, 1.82) is 0 Å². The molecule has 4 aromatic carbocycles. The molecule has 0 radical (unpaired) electrons. The molecule has 0 bridgehead atoms. The van der Waals surface area contributed by atoms with Crippen LogP contribution in [0.2, 0.25) is 0 Å². The number of halogens is 1. The highest BCUT2D eigenvalue weighted by molar-refractivity contribution is 5.86. The molecule has 0 fully saturated rings. The third-order valence-electron chi connectivity index (χ3n) is 6.83. The molecule has 2 unspecified atom stereocenters. The van der Waals surface area contributed by atoms with Gasteiger partial charge in [0.05, 0.1) is 19.3 Å². The number of nitrogens with zero attached hydrogens (tertiary/aromatic N) is 1. The first-order valence-electron chi connectivity index (χ1n) is 12.8. The number of ether oxygens (including phenoxy) is 3. The summed E-state index contributed by atoms with van der Waals surface area (Å²) in [4.78, 5) is 13.5. The predicted octanol–water partition coefficient (Wildman–Crippen LogP) is 6.17. The van der Waals surface area contributed by atoms with E-state index in [2.05, 4.69) is 53.4 Å². The lowest BCUT2D eigenvalue weighted by atomic mass is 9.99. The first-order valence-corrected chi connectivity index (χ1v) is 12.8. The minimum Gasteiger partial charge on any atom is -0.483 e. The molecule has 0 aromatic heterocycles. The third kappa shape index (κ3) is 5.58. The fraction of sp³-hybridized carbons (Fsp3) is 0.258. The van der Waals surface area contributed by atoms with Crippen LogP contribution in [0, 0.1) is 5.82 Å². The molecule has 4 aromatic rings. The van der Waals surface area contributed by atoms with Crippen molar-refractivity contribution in [3.8, 4) is 11.5 Å². The van der Waals surface area contributed by atoms with E-state index in [0.29, 0.717) is 30.9 Å². The van der Waals surface area contributed by atoms with Crippen LogP contribution in [0.1, 0.15) is 24.9 Å². The normalized spacial score (nSPS) is 15.4. The summed E-state index contributed by atoms with van der Waals surface area (Å²) in [5.74, 6) is -0.0851. The van der Waals surface area contributed by atoms with Gasteiger partial charge < -0.3 is 24.4 Å². The van der Waals surface area contributed by atoms with E-state index in [9.17, 15) is 9.18 Å². The molecule has 1 aliphatic rings. The van der Waals surface area contributed by atoms with Crippen molar-refractivity contribution >= 4 is 28.1 Å². The van der Waals surface area contributed by atoms with Crippen LogP contribution in [0.5, 0.6) is 11.5 Å². The second-order valence-electron chi connectivity index (χ2n) is 9.33. The summed E-state index contributed by atoms with van der Waals surface area (Å²) >= 11 is 0. The van der Waals surface area contributed by atoms with Gasteiger partial charge in [0.25, 0.3) is 0 Å². The van der Waals surface area contributed by atoms with E-state index in [1.807, 2.05) is 35.2 Å². The topological polar surface area (TPSA) is 60.0 Å². The van der Waals surface area contributed by atoms with Gasteiger partial charge in [-0.05, 0) is 60.5 Å². The van der Waals surface area contributed by atoms with Gasteiger partial charge in [-0.15, -0.1) is 0 Å². The van der Waals surface area contributed by atoms with Crippen molar-refractivity contribution in [1.82, 2.24) is 5.32 Å². The summed E-state index contributed by atoms with van der Waals surface area (Å²) in [5.41, 5.74) is 2.72. The number of esters is 1. The molecule has 0 saturated heterocycles. The molecule has 7 heteroatoms. The van der Waals surface area contributed by atoms with Gasteiger partial charge in [-0.2, -0.15) is 0 Å². The summed E-state index contributed by atoms with van der Waals surface area (Å²) in [6.07, 6.45) is 0.462. The predicted molar refractivity (Wildman–Crippen MR) is 147 cm³/mol. The first kappa shape index (κ1) is 25.5. The van der Waals surface area contributed by atoms with Crippen molar-refractivity contribution in [2.24, 2.45) is 0 Å². The highest BCUT2D eigenvalue weighted by Gasteiger charge is 2.29. The number of carbonyl (C=O) groups excluding carboxylic acids is 1. The van der Waals surface area contributed by atoms with Crippen LogP contribution in [0.15, 0.2) is 84.9 Å². The standard InChI is InChI=1S/C31H31FN2O4/c1-21(26-13-5-9-22-8-3-4-12-27(22)26)33-17-16-25-19-34(29-15-7-14-28(32)31(29)38-25)23-10-6-11-24(18-23)37-20-30(35)36-2/h3-15,18,21,25,33H,16-17,19-20H2,1-2H3. The van der Waals surface area contributed by atoms with Crippen LogP contribution < -0.4 is 19.7 Å². The number of rotatable bonds is 9. The Morgan fingerprint density at radius 2 is 1.87 bits per heavy atom. The van der Waals surface area contributed by atoms with Gasteiger partial charge in [0.2, 0.25) is 0 Å². The number of hydrogen-bond acceptors (Lipinski definition) is 6. The van der Waals surface area contributed by atoms with E-state index in [0.717, 1.165) is 5.69 Å². The lowest BCUT2D eigenvalue weighted by Crippen LogP contribution is -2.39. The molecule has 0 saturated carbocycles. The zero-order valence-corrected chi connectivity index (χ0v) is 21.5. The highest BCUT2D eigenvalue weighted by atomic mass is 19.1. The van der Waals surface area contributed by atoms with Gasteiger partial charge in [0, 0.05) is 17.8 Å². The Morgan fingerprint density at radius 1 is 1.08 bits per heavy atom. The number of anilines is 2. The molecule has 1 heterocycles. The molecular formula is C31H31FN2O4. The Morgan fingerprint density at radius 3 is 2.74 bits per heavy atom. The smallest absolute Gasteiger partial charge is 0.343 e. The molecule has 2 atom stereocenters. The number of hydrogen-bond donors (Lipinski definition) is 1. The Kier molecular flexibility index (Phi) is 7.75. The minimum absolute atomic E-state index is 0.147. The van der Waals surface area contributed by atoms with Gasteiger partial charge in [-0.3, -0.25) is 0 Å². The van der Waals surface area contributed by atoms with Gasteiger partial charge in [-0.1, -0.05) is 54.6 Å². The van der Waals surface area contributed by atoms with Crippen LogP contribution in [-0.4, -0.2) is 38.9 Å². The molecule has 1 N–H and O–H groups in total. The van der Waals surface area contributed by atoms with E-state index >= 15 is 0 Å². The van der Waals surface area contributed by atoms with Crippen molar-refractivity contribution in [3.05, 3.63) is 96.3 Å². The van der Waals surface area contributed by atoms with Crippen molar-refractivity contribution < 1.29 is 23.4 Å². The number of nitrogens with one attached hydrogen (secondary N) is 1. The molecule has 1 aliphatic heterocycles. The third-order valence-corrected chi connectivity index (χ3v) is 6.83. The summed E-state index contributed by atoms with van der Waals surface area (Å²) < 4.78 is 31.2. The largest absolute Gasteiger partial charge is 0.483 e.